The van der Waals surface area contributed by atoms with Crippen molar-refractivity contribution >= 4 is 0 Å². The second kappa shape index (κ2) is 7.64. The molecule has 1 heterocycles. The Labute approximate surface area is 120 Å². The summed E-state index contributed by atoms with van der Waals surface area (Å²) in [5, 5.41) is 3.89. The fraction of sp³-hybridized carbons (Fsp3) is 1.00. The Bertz CT molecular complexity index is 252. The van der Waals surface area contributed by atoms with Crippen molar-refractivity contribution in [3.63, 3.8) is 0 Å². The molecular formula is C17H34N2. The summed E-state index contributed by atoms with van der Waals surface area (Å²) in [4.78, 5) is 2.65. The molecule has 0 radical (unpaired) electrons. The monoisotopic (exact) mass is 266 g/mol. The van der Waals surface area contributed by atoms with Gasteiger partial charge in [-0.2, -0.15) is 0 Å². The SMILES string of the molecule is CCN1CCCC1CNC1CCCC(C(C)C)CC1. The van der Waals surface area contributed by atoms with Gasteiger partial charge >= 0.3 is 0 Å². The summed E-state index contributed by atoms with van der Waals surface area (Å²) >= 11 is 0. The van der Waals surface area contributed by atoms with Crippen molar-refractivity contribution in [3.8, 4) is 0 Å². The average molecular weight is 266 g/mol. The van der Waals surface area contributed by atoms with Crippen LogP contribution in [0.25, 0.3) is 0 Å². The van der Waals surface area contributed by atoms with Gasteiger partial charge in [0.15, 0.2) is 0 Å². The zero-order valence-electron chi connectivity index (χ0n) is 13.3. The Morgan fingerprint density at radius 1 is 1.05 bits per heavy atom. The summed E-state index contributed by atoms with van der Waals surface area (Å²) in [6.07, 6.45) is 9.95. The molecule has 2 fully saturated rings. The van der Waals surface area contributed by atoms with Crippen LogP contribution in [0.5, 0.6) is 0 Å². The first kappa shape index (κ1) is 15.3. The van der Waals surface area contributed by atoms with Crippen LogP contribution in [-0.4, -0.2) is 36.6 Å². The third-order valence-corrected chi connectivity index (χ3v) is 5.50. The number of rotatable bonds is 5. The lowest BCUT2D eigenvalue weighted by Crippen LogP contribution is -2.41. The molecule has 1 saturated carbocycles. The van der Waals surface area contributed by atoms with E-state index in [1.165, 1.54) is 64.6 Å². The van der Waals surface area contributed by atoms with Crippen molar-refractivity contribution in [3.05, 3.63) is 0 Å². The first-order valence-corrected chi connectivity index (χ1v) is 8.68. The van der Waals surface area contributed by atoms with Gasteiger partial charge in [0.25, 0.3) is 0 Å². The second-order valence-corrected chi connectivity index (χ2v) is 7.04. The van der Waals surface area contributed by atoms with Gasteiger partial charge in [0.1, 0.15) is 0 Å². The maximum Gasteiger partial charge on any atom is 0.0221 e. The smallest absolute Gasteiger partial charge is 0.0221 e. The molecule has 0 aromatic rings. The highest BCUT2D eigenvalue weighted by Crippen LogP contribution is 2.29. The molecule has 2 aliphatic rings. The highest BCUT2D eigenvalue weighted by atomic mass is 15.2. The van der Waals surface area contributed by atoms with E-state index in [2.05, 4.69) is 31.0 Å². The molecule has 2 heteroatoms. The summed E-state index contributed by atoms with van der Waals surface area (Å²) in [6, 6.07) is 1.61. The summed E-state index contributed by atoms with van der Waals surface area (Å²) < 4.78 is 0. The minimum atomic E-state index is 0.794. The molecule has 0 aromatic carbocycles. The van der Waals surface area contributed by atoms with E-state index < -0.39 is 0 Å². The van der Waals surface area contributed by atoms with Crippen LogP contribution in [0.15, 0.2) is 0 Å². The van der Waals surface area contributed by atoms with Gasteiger partial charge in [0, 0.05) is 18.6 Å². The number of hydrogen-bond acceptors (Lipinski definition) is 2. The van der Waals surface area contributed by atoms with Crippen molar-refractivity contribution < 1.29 is 0 Å². The largest absolute Gasteiger partial charge is 0.312 e. The number of nitrogens with zero attached hydrogens (tertiary/aromatic N) is 1. The lowest BCUT2D eigenvalue weighted by atomic mass is 9.89. The molecular weight excluding hydrogens is 232 g/mol. The predicted molar refractivity (Wildman–Crippen MR) is 83.5 cm³/mol. The third-order valence-electron chi connectivity index (χ3n) is 5.50. The molecule has 0 bridgehead atoms. The van der Waals surface area contributed by atoms with E-state index in [-0.39, 0.29) is 0 Å². The molecule has 3 unspecified atom stereocenters. The zero-order valence-corrected chi connectivity index (χ0v) is 13.3. The number of likely N-dealkylation sites (N-methyl/N-ethyl adjacent to an activating group) is 1. The maximum atomic E-state index is 3.89. The second-order valence-electron chi connectivity index (χ2n) is 7.04. The molecule has 2 nitrogen and oxygen atoms in total. The van der Waals surface area contributed by atoms with E-state index in [1.807, 2.05) is 0 Å². The maximum absolute atomic E-state index is 3.89. The van der Waals surface area contributed by atoms with Gasteiger partial charge in [-0.3, -0.25) is 4.90 Å². The number of likely N-dealkylation sites (tertiary alicyclic amines) is 1. The lowest BCUT2D eigenvalue weighted by Gasteiger charge is -2.26. The normalized spacial score (nSPS) is 33.8. The quantitative estimate of drug-likeness (QED) is 0.764. The van der Waals surface area contributed by atoms with E-state index in [1.54, 1.807) is 0 Å². The number of nitrogens with one attached hydrogen (secondary N) is 1. The van der Waals surface area contributed by atoms with Crippen molar-refractivity contribution in [1.29, 1.82) is 0 Å². The molecule has 0 aromatic heterocycles. The lowest BCUT2D eigenvalue weighted by molar-refractivity contribution is 0.250. The molecule has 112 valence electrons. The van der Waals surface area contributed by atoms with Gasteiger partial charge in [-0.05, 0) is 57.0 Å². The van der Waals surface area contributed by atoms with Gasteiger partial charge < -0.3 is 5.32 Å². The van der Waals surface area contributed by atoms with Gasteiger partial charge in [0.2, 0.25) is 0 Å². The third kappa shape index (κ3) is 4.46. The molecule has 1 aliphatic carbocycles. The van der Waals surface area contributed by atoms with Crippen molar-refractivity contribution in [1.82, 2.24) is 10.2 Å². The Hall–Kier alpha value is -0.0800. The molecule has 1 saturated heterocycles. The minimum Gasteiger partial charge on any atom is -0.312 e. The van der Waals surface area contributed by atoms with Crippen LogP contribution in [0.4, 0.5) is 0 Å². The van der Waals surface area contributed by atoms with E-state index in [9.17, 15) is 0 Å². The summed E-state index contributed by atoms with van der Waals surface area (Å²) in [5.41, 5.74) is 0. The molecule has 19 heavy (non-hydrogen) atoms. The fourth-order valence-corrected chi connectivity index (χ4v) is 4.05. The van der Waals surface area contributed by atoms with Gasteiger partial charge in [-0.15, -0.1) is 0 Å². The Morgan fingerprint density at radius 2 is 1.89 bits per heavy atom. The van der Waals surface area contributed by atoms with Crippen LogP contribution in [0.3, 0.4) is 0 Å². The minimum absolute atomic E-state index is 0.794. The van der Waals surface area contributed by atoms with Gasteiger partial charge in [0.05, 0.1) is 0 Å². The van der Waals surface area contributed by atoms with Crippen LogP contribution in [0.2, 0.25) is 0 Å². The first-order chi connectivity index (χ1) is 9.20. The standard InChI is InChI=1S/C17H34N2/c1-4-19-12-6-9-17(19)13-18-16-8-5-7-15(10-11-16)14(2)3/h14-18H,4-13H2,1-3H3. The van der Waals surface area contributed by atoms with Gasteiger partial charge in [-0.25, -0.2) is 0 Å². The van der Waals surface area contributed by atoms with Crippen LogP contribution in [-0.2, 0) is 0 Å². The molecule has 3 atom stereocenters. The summed E-state index contributed by atoms with van der Waals surface area (Å²) in [6.45, 7) is 10.9. The Morgan fingerprint density at radius 3 is 2.63 bits per heavy atom. The molecule has 1 aliphatic heterocycles. The van der Waals surface area contributed by atoms with Crippen LogP contribution in [0.1, 0.15) is 65.7 Å². The average Bonchev–Trinajstić information content (AvgIpc) is 2.72. The Kier molecular flexibility index (Phi) is 6.15. The summed E-state index contributed by atoms with van der Waals surface area (Å²) in [7, 11) is 0. The topological polar surface area (TPSA) is 15.3 Å². The predicted octanol–water partition coefficient (Wildman–Crippen LogP) is 3.67. The van der Waals surface area contributed by atoms with E-state index in [0.29, 0.717) is 0 Å². The van der Waals surface area contributed by atoms with Crippen LogP contribution in [0, 0.1) is 11.8 Å². The molecule has 1 N–H and O–H groups in total. The van der Waals surface area contributed by atoms with Crippen molar-refractivity contribution in [2.24, 2.45) is 11.8 Å². The highest BCUT2D eigenvalue weighted by Gasteiger charge is 2.25. The zero-order chi connectivity index (χ0) is 13.7. The van der Waals surface area contributed by atoms with Crippen LogP contribution < -0.4 is 5.32 Å². The van der Waals surface area contributed by atoms with Crippen molar-refractivity contribution in [2.45, 2.75) is 77.8 Å². The molecule has 0 spiro atoms. The van der Waals surface area contributed by atoms with Crippen LogP contribution >= 0.6 is 0 Å². The van der Waals surface area contributed by atoms with E-state index >= 15 is 0 Å². The number of hydrogen-bond donors (Lipinski definition) is 1. The van der Waals surface area contributed by atoms with Gasteiger partial charge in [-0.1, -0.05) is 33.6 Å². The molecule has 0 amide bonds. The Balaban J connectivity index is 1.71. The first-order valence-electron chi connectivity index (χ1n) is 8.68. The highest BCUT2D eigenvalue weighted by molar-refractivity contribution is 4.83. The van der Waals surface area contributed by atoms with E-state index in [4.69, 9.17) is 0 Å². The molecule has 2 rings (SSSR count). The van der Waals surface area contributed by atoms with Crippen molar-refractivity contribution in [2.75, 3.05) is 19.6 Å². The van der Waals surface area contributed by atoms with E-state index in [0.717, 1.165) is 23.9 Å². The summed E-state index contributed by atoms with van der Waals surface area (Å²) in [5.74, 6) is 1.86. The fourth-order valence-electron chi connectivity index (χ4n) is 4.05.